The minimum Gasteiger partial charge on any atom is -0.457 e. The van der Waals surface area contributed by atoms with Gasteiger partial charge in [0.15, 0.2) is 6.10 Å². The highest BCUT2D eigenvalue weighted by Gasteiger charge is 2.50. The van der Waals surface area contributed by atoms with Crippen LogP contribution in [-0.4, -0.2) is 49.6 Å². The summed E-state index contributed by atoms with van der Waals surface area (Å²) in [7, 11) is 0. The SMILES string of the molecule is O=C(Nc1ccc(Oc2ccccc2)cc1)O[C@H]1CO[C@@H]2[C@@H]1OC[C@@H]2NC(=O)C1CCC1. The molecule has 168 valence electrons. The molecule has 8 nitrogen and oxygen atoms in total. The highest BCUT2D eigenvalue weighted by atomic mass is 16.6. The molecule has 0 aromatic heterocycles. The first-order valence-corrected chi connectivity index (χ1v) is 11.0. The molecule has 4 atom stereocenters. The van der Waals surface area contributed by atoms with Gasteiger partial charge in [-0.25, -0.2) is 4.79 Å². The molecule has 0 radical (unpaired) electrons. The Labute approximate surface area is 186 Å². The van der Waals surface area contributed by atoms with Crippen LogP contribution >= 0.6 is 0 Å². The summed E-state index contributed by atoms with van der Waals surface area (Å²) in [4.78, 5) is 24.6. The number of rotatable bonds is 6. The number of nitrogens with one attached hydrogen (secondary N) is 2. The van der Waals surface area contributed by atoms with Gasteiger partial charge in [0.1, 0.15) is 23.7 Å². The Balaban J connectivity index is 1.10. The maximum Gasteiger partial charge on any atom is 0.412 e. The molecule has 2 saturated heterocycles. The summed E-state index contributed by atoms with van der Waals surface area (Å²) in [5.41, 5.74) is 0.587. The van der Waals surface area contributed by atoms with Crippen LogP contribution in [0, 0.1) is 5.92 Å². The second kappa shape index (κ2) is 9.18. The Morgan fingerprint density at radius 2 is 1.59 bits per heavy atom. The fraction of sp³-hybridized carbons (Fsp3) is 0.417. The van der Waals surface area contributed by atoms with Crippen molar-refractivity contribution in [1.82, 2.24) is 5.32 Å². The standard InChI is InChI=1S/C24H26N2O6/c27-23(15-5-4-6-15)26-19-13-29-22-20(14-30-21(19)22)32-24(28)25-16-9-11-18(12-10-16)31-17-7-2-1-3-8-17/h1-3,7-12,15,19-22H,4-6,13-14H2,(H,25,28)(H,26,27)/t19-,20-,21-,22+/m0/s1. The first kappa shape index (κ1) is 20.8. The molecule has 3 fully saturated rings. The molecule has 2 N–H and O–H groups in total. The van der Waals surface area contributed by atoms with Crippen molar-refractivity contribution in [3.8, 4) is 11.5 Å². The van der Waals surface area contributed by atoms with Gasteiger partial charge in [0.25, 0.3) is 0 Å². The fourth-order valence-corrected chi connectivity index (χ4v) is 4.18. The summed E-state index contributed by atoms with van der Waals surface area (Å²) in [6, 6.07) is 16.3. The van der Waals surface area contributed by atoms with Crippen molar-refractivity contribution >= 4 is 17.7 Å². The number of carbonyl (C=O) groups is 2. The third-order valence-electron chi connectivity index (χ3n) is 6.15. The molecule has 2 amide bonds. The van der Waals surface area contributed by atoms with E-state index < -0.39 is 12.2 Å². The van der Waals surface area contributed by atoms with E-state index in [0.717, 1.165) is 25.0 Å². The molecular formula is C24H26N2O6. The maximum atomic E-state index is 12.4. The normalized spacial score (nSPS) is 26.6. The molecule has 2 aliphatic heterocycles. The molecule has 0 unspecified atom stereocenters. The van der Waals surface area contributed by atoms with E-state index in [1.165, 1.54) is 0 Å². The van der Waals surface area contributed by atoms with Gasteiger partial charge in [0.05, 0.1) is 19.3 Å². The fourth-order valence-electron chi connectivity index (χ4n) is 4.18. The molecule has 0 spiro atoms. The van der Waals surface area contributed by atoms with E-state index in [2.05, 4.69) is 10.6 Å². The summed E-state index contributed by atoms with van der Waals surface area (Å²) in [5, 5.41) is 5.75. The van der Waals surface area contributed by atoms with Crippen molar-refractivity contribution < 1.29 is 28.5 Å². The van der Waals surface area contributed by atoms with Crippen LogP contribution in [0.5, 0.6) is 11.5 Å². The average Bonchev–Trinajstić information content (AvgIpc) is 3.32. The number of fused-ring (bicyclic) bond motifs is 1. The van der Waals surface area contributed by atoms with E-state index in [1.807, 2.05) is 30.3 Å². The summed E-state index contributed by atoms with van der Waals surface area (Å²) < 4.78 is 22.9. The zero-order valence-corrected chi connectivity index (χ0v) is 17.6. The van der Waals surface area contributed by atoms with E-state index in [-0.39, 0.29) is 36.7 Å². The predicted octanol–water partition coefficient (Wildman–Crippen LogP) is 3.48. The summed E-state index contributed by atoms with van der Waals surface area (Å²) in [6.07, 6.45) is 1.21. The minimum atomic E-state index is -0.582. The maximum absolute atomic E-state index is 12.4. The molecular weight excluding hydrogens is 412 g/mol. The second-order valence-corrected chi connectivity index (χ2v) is 8.35. The molecule has 3 aliphatic rings. The van der Waals surface area contributed by atoms with Gasteiger partial charge < -0.3 is 24.3 Å². The first-order chi connectivity index (χ1) is 15.7. The van der Waals surface area contributed by atoms with Crippen LogP contribution in [0.25, 0.3) is 0 Å². The lowest BCUT2D eigenvalue weighted by molar-refractivity contribution is -0.128. The molecule has 2 aromatic rings. The zero-order valence-electron chi connectivity index (χ0n) is 17.6. The molecule has 2 aromatic carbocycles. The zero-order chi connectivity index (χ0) is 21.9. The minimum absolute atomic E-state index is 0.0657. The quantitative estimate of drug-likeness (QED) is 0.717. The number of carbonyl (C=O) groups excluding carboxylic acids is 2. The topological polar surface area (TPSA) is 95.1 Å². The molecule has 5 rings (SSSR count). The van der Waals surface area contributed by atoms with E-state index in [4.69, 9.17) is 18.9 Å². The molecule has 1 aliphatic carbocycles. The third kappa shape index (κ3) is 4.56. The van der Waals surface area contributed by atoms with E-state index in [0.29, 0.717) is 18.0 Å². The van der Waals surface area contributed by atoms with Gasteiger partial charge >= 0.3 is 6.09 Å². The number of hydrogen-bond donors (Lipinski definition) is 2. The van der Waals surface area contributed by atoms with Crippen molar-refractivity contribution in [2.75, 3.05) is 18.5 Å². The van der Waals surface area contributed by atoms with Crippen LogP contribution in [0.15, 0.2) is 54.6 Å². The number of anilines is 1. The second-order valence-electron chi connectivity index (χ2n) is 8.35. The van der Waals surface area contributed by atoms with Gasteiger partial charge in [-0.1, -0.05) is 24.6 Å². The van der Waals surface area contributed by atoms with Crippen molar-refractivity contribution in [3.05, 3.63) is 54.6 Å². The number of ether oxygens (including phenoxy) is 4. The molecule has 2 heterocycles. The van der Waals surface area contributed by atoms with Gasteiger partial charge in [-0.3, -0.25) is 10.1 Å². The van der Waals surface area contributed by atoms with Crippen LogP contribution in [0.3, 0.4) is 0 Å². The van der Waals surface area contributed by atoms with E-state index in [9.17, 15) is 9.59 Å². The monoisotopic (exact) mass is 438 g/mol. The highest BCUT2D eigenvalue weighted by Crippen LogP contribution is 2.31. The van der Waals surface area contributed by atoms with E-state index >= 15 is 0 Å². The van der Waals surface area contributed by atoms with Crippen LogP contribution in [0.2, 0.25) is 0 Å². The molecule has 32 heavy (non-hydrogen) atoms. The number of para-hydroxylation sites is 1. The Bertz CT molecular complexity index is 947. The number of hydrogen-bond acceptors (Lipinski definition) is 6. The largest absolute Gasteiger partial charge is 0.457 e. The van der Waals surface area contributed by atoms with Gasteiger partial charge in [-0.15, -0.1) is 0 Å². The third-order valence-corrected chi connectivity index (χ3v) is 6.15. The van der Waals surface area contributed by atoms with Crippen molar-refractivity contribution in [2.45, 2.75) is 43.6 Å². The van der Waals surface area contributed by atoms with Crippen molar-refractivity contribution in [3.63, 3.8) is 0 Å². The lowest BCUT2D eigenvalue weighted by Gasteiger charge is -2.27. The van der Waals surface area contributed by atoms with Gasteiger partial charge in [-0.05, 0) is 49.2 Å². The number of benzene rings is 2. The van der Waals surface area contributed by atoms with E-state index in [1.54, 1.807) is 24.3 Å². The van der Waals surface area contributed by atoms with Crippen molar-refractivity contribution in [1.29, 1.82) is 0 Å². The van der Waals surface area contributed by atoms with Crippen LogP contribution in [-0.2, 0) is 19.0 Å². The highest BCUT2D eigenvalue weighted by molar-refractivity contribution is 5.84. The van der Waals surface area contributed by atoms with Crippen molar-refractivity contribution in [2.24, 2.45) is 5.92 Å². The molecule has 8 heteroatoms. The van der Waals surface area contributed by atoms with Gasteiger partial charge in [0.2, 0.25) is 5.91 Å². The lowest BCUT2D eigenvalue weighted by atomic mass is 9.84. The molecule has 0 bridgehead atoms. The average molecular weight is 438 g/mol. The lowest BCUT2D eigenvalue weighted by Crippen LogP contribution is -2.47. The van der Waals surface area contributed by atoms with Crippen LogP contribution in [0.1, 0.15) is 19.3 Å². The van der Waals surface area contributed by atoms with Gasteiger partial charge in [0, 0.05) is 11.6 Å². The Kier molecular flexibility index (Phi) is 5.96. The Morgan fingerprint density at radius 1 is 0.875 bits per heavy atom. The predicted molar refractivity (Wildman–Crippen MR) is 116 cm³/mol. The Hall–Kier alpha value is -3.10. The smallest absolute Gasteiger partial charge is 0.412 e. The Morgan fingerprint density at radius 3 is 2.31 bits per heavy atom. The first-order valence-electron chi connectivity index (χ1n) is 11.0. The summed E-state index contributed by atoms with van der Waals surface area (Å²) in [5.74, 6) is 1.58. The van der Waals surface area contributed by atoms with Gasteiger partial charge in [-0.2, -0.15) is 0 Å². The summed E-state index contributed by atoms with van der Waals surface area (Å²) >= 11 is 0. The number of amides is 2. The summed E-state index contributed by atoms with van der Waals surface area (Å²) in [6.45, 7) is 0.598. The van der Waals surface area contributed by atoms with Crippen LogP contribution < -0.4 is 15.4 Å². The molecule has 1 saturated carbocycles. The van der Waals surface area contributed by atoms with Crippen LogP contribution in [0.4, 0.5) is 10.5 Å².